The molecule has 27 heavy (non-hydrogen) atoms. The molecule has 1 aromatic heterocycles. The van der Waals surface area contributed by atoms with Crippen LogP contribution in [0.3, 0.4) is 0 Å². The van der Waals surface area contributed by atoms with Crippen LogP contribution in [0.5, 0.6) is 11.5 Å². The van der Waals surface area contributed by atoms with Gasteiger partial charge in [0.2, 0.25) is 0 Å². The van der Waals surface area contributed by atoms with Gasteiger partial charge in [0.05, 0.1) is 11.6 Å². The lowest BCUT2D eigenvalue weighted by atomic mass is 10.2. The van der Waals surface area contributed by atoms with E-state index in [1.165, 1.54) is 0 Å². The highest BCUT2D eigenvalue weighted by molar-refractivity contribution is 7.09. The predicted molar refractivity (Wildman–Crippen MR) is 96.5 cm³/mol. The smallest absolute Gasteiger partial charge is 0.434 e. The highest BCUT2D eigenvalue weighted by Crippen LogP contribution is 2.31. The maximum absolute atomic E-state index is 12.6. The van der Waals surface area contributed by atoms with Crippen molar-refractivity contribution >= 4 is 17.3 Å². The first-order chi connectivity index (χ1) is 13.0. The number of aliphatic imine (C=N–C) groups is 1. The van der Waals surface area contributed by atoms with E-state index in [-0.39, 0.29) is 6.10 Å². The van der Waals surface area contributed by atoms with E-state index in [2.05, 4.69) is 20.6 Å². The third kappa shape index (κ3) is 5.25. The molecule has 146 valence electrons. The average molecular weight is 400 g/mol. The minimum Gasteiger partial charge on any atom is -0.486 e. The molecule has 10 heteroatoms. The zero-order chi connectivity index (χ0) is 19.3. The average Bonchev–Trinajstić information content (AvgIpc) is 3.14. The Hall–Kier alpha value is -2.49. The van der Waals surface area contributed by atoms with E-state index in [9.17, 15) is 13.2 Å². The van der Waals surface area contributed by atoms with Gasteiger partial charge in [-0.15, -0.1) is 11.3 Å². The topological polar surface area (TPSA) is 67.8 Å². The number of hydrogen-bond acceptors (Lipinski definition) is 5. The first-order valence-corrected chi connectivity index (χ1v) is 9.18. The zero-order valence-electron chi connectivity index (χ0n) is 14.5. The molecule has 1 aliphatic rings. The van der Waals surface area contributed by atoms with E-state index < -0.39 is 11.9 Å². The molecule has 0 aliphatic carbocycles. The number of thiazole rings is 1. The number of fused-ring (bicyclic) bond motifs is 1. The van der Waals surface area contributed by atoms with Crippen LogP contribution in [0.2, 0.25) is 0 Å². The van der Waals surface area contributed by atoms with Crippen molar-refractivity contribution in [2.24, 2.45) is 4.99 Å². The van der Waals surface area contributed by atoms with Gasteiger partial charge in [0.15, 0.2) is 23.2 Å². The second-order valence-electron chi connectivity index (χ2n) is 5.75. The molecular weight excluding hydrogens is 381 g/mol. The van der Waals surface area contributed by atoms with Crippen LogP contribution in [-0.2, 0) is 12.6 Å². The van der Waals surface area contributed by atoms with Crippen LogP contribution in [0, 0.1) is 0 Å². The predicted octanol–water partition coefficient (Wildman–Crippen LogP) is 2.71. The quantitative estimate of drug-likeness (QED) is 0.597. The molecule has 0 bridgehead atoms. The maximum Gasteiger partial charge on any atom is 0.434 e. The number of para-hydroxylation sites is 2. The molecule has 1 unspecified atom stereocenters. The van der Waals surface area contributed by atoms with Crippen molar-refractivity contribution in [3.05, 3.63) is 40.3 Å². The van der Waals surface area contributed by atoms with Crippen molar-refractivity contribution in [1.82, 2.24) is 15.6 Å². The Morgan fingerprint density at radius 3 is 2.78 bits per heavy atom. The third-order valence-corrected chi connectivity index (χ3v) is 4.67. The normalized spacial score (nSPS) is 16.9. The lowest BCUT2D eigenvalue weighted by Crippen LogP contribution is -2.45. The highest BCUT2D eigenvalue weighted by atomic mass is 32.1. The Labute approximate surface area is 158 Å². The van der Waals surface area contributed by atoms with Gasteiger partial charge in [0.1, 0.15) is 12.7 Å². The molecule has 2 N–H and O–H groups in total. The Balaban J connectivity index is 1.42. The molecule has 1 aliphatic heterocycles. The number of alkyl halides is 3. The number of halogens is 3. The van der Waals surface area contributed by atoms with E-state index in [0.29, 0.717) is 42.8 Å². The van der Waals surface area contributed by atoms with E-state index in [0.717, 1.165) is 22.5 Å². The lowest BCUT2D eigenvalue weighted by Gasteiger charge is -2.27. The molecule has 0 radical (unpaired) electrons. The summed E-state index contributed by atoms with van der Waals surface area (Å²) in [5.41, 5.74) is -0.847. The van der Waals surface area contributed by atoms with Gasteiger partial charge in [-0.05, 0) is 12.1 Å². The van der Waals surface area contributed by atoms with Gasteiger partial charge in [-0.3, -0.25) is 4.99 Å². The standard InChI is InChI=1S/C17H19F3N4O2S/c1-21-16(22-7-6-15-24-14(10-27-15)17(18,19)20)23-8-11-9-25-12-4-2-3-5-13(12)26-11/h2-5,10-11H,6-9H2,1H3,(H2,21,22,23). The van der Waals surface area contributed by atoms with Gasteiger partial charge in [0.25, 0.3) is 0 Å². The number of ether oxygens (including phenoxy) is 2. The number of nitrogens with one attached hydrogen (secondary N) is 2. The van der Waals surface area contributed by atoms with Gasteiger partial charge in [0, 0.05) is 25.4 Å². The van der Waals surface area contributed by atoms with Gasteiger partial charge >= 0.3 is 6.18 Å². The van der Waals surface area contributed by atoms with E-state index >= 15 is 0 Å². The van der Waals surface area contributed by atoms with Gasteiger partial charge in [-0.2, -0.15) is 13.2 Å². The van der Waals surface area contributed by atoms with Crippen LogP contribution in [-0.4, -0.2) is 43.8 Å². The fraction of sp³-hybridized carbons (Fsp3) is 0.412. The summed E-state index contributed by atoms with van der Waals surface area (Å²) >= 11 is 0.997. The summed E-state index contributed by atoms with van der Waals surface area (Å²) in [6, 6.07) is 7.45. The van der Waals surface area contributed by atoms with Crippen LogP contribution in [0.15, 0.2) is 34.6 Å². The van der Waals surface area contributed by atoms with Crippen molar-refractivity contribution in [2.45, 2.75) is 18.7 Å². The molecule has 0 amide bonds. The first kappa shape index (κ1) is 19.3. The zero-order valence-corrected chi connectivity index (χ0v) is 15.4. The van der Waals surface area contributed by atoms with Crippen LogP contribution in [0.4, 0.5) is 13.2 Å². The van der Waals surface area contributed by atoms with Crippen molar-refractivity contribution in [2.75, 3.05) is 26.7 Å². The number of rotatable bonds is 5. The molecular formula is C17H19F3N4O2S. The molecule has 0 saturated carbocycles. The Morgan fingerprint density at radius 2 is 2.07 bits per heavy atom. The summed E-state index contributed by atoms with van der Waals surface area (Å²) < 4.78 is 49.2. The van der Waals surface area contributed by atoms with E-state index in [4.69, 9.17) is 9.47 Å². The molecule has 1 aromatic carbocycles. The monoisotopic (exact) mass is 400 g/mol. The number of nitrogens with zero attached hydrogens (tertiary/aromatic N) is 2. The van der Waals surface area contributed by atoms with Crippen molar-refractivity contribution < 1.29 is 22.6 Å². The summed E-state index contributed by atoms with van der Waals surface area (Å²) in [4.78, 5) is 7.70. The van der Waals surface area contributed by atoms with Crippen LogP contribution < -0.4 is 20.1 Å². The minimum absolute atomic E-state index is 0.174. The van der Waals surface area contributed by atoms with Crippen LogP contribution >= 0.6 is 11.3 Å². The van der Waals surface area contributed by atoms with Gasteiger partial charge in [-0.25, -0.2) is 4.98 Å². The molecule has 0 saturated heterocycles. The van der Waals surface area contributed by atoms with Gasteiger partial charge in [-0.1, -0.05) is 12.1 Å². The second-order valence-corrected chi connectivity index (χ2v) is 6.69. The van der Waals surface area contributed by atoms with Crippen LogP contribution in [0.25, 0.3) is 0 Å². The Morgan fingerprint density at radius 1 is 1.30 bits per heavy atom. The fourth-order valence-electron chi connectivity index (χ4n) is 2.44. The fourth-order valence-corrected chi connectivity index (χ4v) is 3.24. The van der Waals surface area contributed by atoms with Crippen LogP contribution in [0.1, 0.15) is 10.7 Å². The van der Waals surface area contributed by atoms with E-state index in [1.54, 1.807) is 7.05 Å². The third-order valence-electron chi connectivity index (χ3n) is 3.76. The minimum atomic E-state index is -4.40. The summed E-state index contributed by atoms with van der Waals surface area (Å²) in [6.45, 7) is 1.30. The number of aromatic nitrogens is 1. The number of hydrogen-bond donors (Lipinski definition) is 2. The molecule has 3 rings (SSSR count). The maximum atomic E-state index is 12.6. The first-order valence-electron chi connectivity index (χ1n) is 8.30. The van der Waals surface area contributed by atoms with Crippen molar-refractivity contribution in [3.63, 3.8) is 0 Å². The molecule has 0 spiro atoms. The molecule has 6 nitrogen and oxygen atoms in total. The highest BCUT2D eigenvalue weighted by Gasteiger charge is 2.33. The second kappa shape index (κ2) is 8.47. The molecule has 2 aromatic rings. The summed E-state index contributed by atoms with van der Waals surface area (Å²) in [6.07, 6.45) is -4.20. The molecule has 1 atom stereocenters. The molecule has 2 heterocycles. The summed E-state index contributed by atoms with van der Waals surface area (Å²) in [5, 5.41) is 7.63. The van der Waals surface area contributed by atoms with Crippen molar-refractivity contribution in [3.8, 4) is 11.5 Å². The van der Waals surface area contributed by atoms with Gasteiger partial charge < -0.3 is 20.1 Å². The largest absolute Gasteiger partial charge is 0.486 e. The lowest BCUT2D eigenvalue weighted by molar-refractivity contribution is -0.140. The Kier molecular flexibility index (Phi) is 6.04. The summed E-state index contributed by atoms with van der Waals surface area (Å²) in [7, 11) is 1.62. The SMILES string of the molecule is CN=C(NCCc1nc(C(F)(F)F)cs1)NCC1COc2ccccc2O1. The Bertz CT molecular complexity index is 794. The van der Waals surface area contributed by atoms with Crippen molar-refractivity contribution in [1.29, 1.82) is 0 Å². The summed E-state index contributed by atoms with van der Waals surface area (Å²) in [5.74, 6) is 1.95. The number of benzene rings is 1. The van der Waals surface area contributed by atoms with E-state index in [1.807, 2.05) is 24.3 Å². The molecule has 0 fully saturated rings. The number of guanidine groups is 1.